The third-order valence-corrected chi connectivity index (χ3v) is 2.87. The number of carbonyl (C=O) groups is 1. The van der Waals surface area contributed by atoms with E-state index in [1.165, 1.54) is 0 Å². The molecule has 2 N–H and O–H groups in total. The van der Waals surface area contributed by atoms with Crippen LogP contribution < -0.4 is 5.73 Å². The van der Waals surface area contributed by atoms with Crippen LogP contribution >= 0.6 is 0 Å². The van der Waals surface area contributed by atoms with Crippen molar-refractivity contribution in [2.24, 2.45) is 0 Å². The molecular weight excluding hydrogens is 242 g/mol. The van der Waals surface area contributed by atoms with Gasteiger partial charge in [0.15, 0.2) is 0 Å². The lowest BCUT2D eigenvalue weighted by Gasteiger charge is -2.07. The predicted molar refractivity (Wildman–Crippen MR) is 72.7 cm³/mol. The lowest BCUT2D eigenvalue weighted by Crippen LogP contribution is -2.09. The first-order valence-corrected chi connectivity index (χ1v) is 6.16. The van der Waals surface area contributed by atoms with E-state index in [9.17, 15) is 4.79 Å². The summed E-state index contributed by atoms with van der Waals surface area (Å²) in [6.07, 6.45) is 6.09. The van der Waals surface area contributed by atoms with E-state index in [0.717, 1.165) is 18.5 Å². The Labute approximate surface area is 112 Å². The van der Waals surface area contributed by atoms with Gasteiger partial charge in [0.05, 0.1) is 18.5 Å². The molecule has 0 amide bonds. The van der Waals surface area contributed by atoms with Crippen LogP contribution in [0.2, 0.25) is 0 Å². The zero-order valence-corrected chi connectivity index (χ0v) is 10.9. The van der Waals surface area contributed by atoms with Gasteiger partial charge in [0.25, 0.3) is 0 Å². The summed E-state index contributed by atoms with van der Waals surface area (Å²) in [6, 6.07) is 5.19. The summed E-state index contributed by atoms with van der Waals surface area (Å²) >= 11 is 0. The van der Waals surface area contributed by atoms with Crippen molar-refractivity contribution < 1.29 is 9.53 Å². The third-order valence-electron chi connectivity index (χ3n) is 2.87. The summed E-state index contributed by atoms with van der Waals surface area (Å²) in [5.41, 5.74) is 7.81. The van der Waals surface area contributed by atoms with E-state index < -0.39 is 0 Å². The molecule has 19 heavy (non-hydrogen) atoms. The highest BCUT2D eigenvalue weighted by atomic mass is 16.5. The van der Waals surface area contributed by atoms with Crippen LogP contribution in [0.3, 0.4) is 0 Å². The molecule has 0 unspecified atom stereocenters. The number of aromatic nitrogens is 2. The normalized spacial score (nSPS) is 10.4. The SMILES string of the molecule is Cc1ccc(C(=O)OCCCn2ccnc2)cc1N. The van der Waals surface area contributed by atoms with E-state index in [0.29, 0.717) is 17.9 Å². The Morgan fingerprint density at radius 2 is 2.32 bits per heavy atom. The molecule has 5 nitrogen and oxygen atoms in total. The van der Waals surface area contributed by atoms with Gasteiger partial charge in [-0.1, -0.05) is 6.07 Å². The fraction of sp³-hybridized carbons (Fsp3) is 0.286. The van der Waals surface area contributed by atoms with Gasteiger partial charge in [0, 0.05) is 24.6 Å². The second kappa shape index (κ2) is 6.04. The van der Waals surface area contributed by atoms with Gasteiger partial charge >= 0.3 is 5.97 Å². The molecule has 0 spiro atoms. The van der Waals surface area contributed by atoms with Crippen molar-refractivity contribution in [1.29, 1.82) is 0 Å². The number of imidazole rings is 1. The lowest BCUT2D eigenvalue weighted by atomic mass is 10.1. The molecule has 0 bridgehead atoms. The minimum absolute atomic E-state index is 0.336. The van der Waals surface area contributed by atoms with E-state index in [1.807, 2.05) is 23.8 Å². The van der Waals surface area contributed by atoms with Gasteiger partial charge in [-0.25, -0.2) is 9.78 Å². The molecule has 0 aliphatic carbocycles. The second-order valence-corrected chi connectivity index (χ2v) is 4.36. The van der Waals surface area contributed by atoms with Crippen molar-refractivity contribution >= 4 is 11.7 Å². The van der Waals surface area contributed by atoms with Gasteiger partial charge in [-0.3, -0.25) is 0 Å². The van der Waals surface area contributed by atoms with Crippen molar-refractivity contribution in [2.75, 3.05) is 12.3 Å². The third kappa shape index (κ3) is 3.58. The molecule has 5 heteroatoms. The molecule has 2 rings (SSSR count). The molecule has 0 aliphatic heterocycles. The summed E-state index contributed by atoms with van der Waals surface area (Å²) in [5.74, 6) is -0.336. The van der Waals surface area contributed by atoms with Crippen molar-refractivity contribution in [1.82, 2.24) is 9.55 Å². The Morgan fingerprint density at radius 1 is 1.47 bits per heavy atom. The first-order chi connectivity index (χ1) is 9.16. The number of hydrogen-bond acceptors (Lipinski definition) is 4. The van der Waals surface area contributed by atoms with Crippen molar-refractivity contribution in [3.05, 3.63) is 48.0 Å². The molecule has 0 saturated heterocycles. The molecule has 1 heterocycles. The lowest BCUT2D eigenvalue weighted by molar-refractivity contribution is 0.0496. The molecule has 0 aliphatic rings. The first kappa shape index (κ1) is 13.1. The smallest absolute Gasteiger partial charge is 0.338 e. The number of rotatable bonds is 5. The number of nitrogen functional groups attached to an aromatic ring is 1. The van der Waals surface area contributed by atoms with Crippen molar-refractivity contribution in [3.8, 4) is 0 Å². The minimum atomic E-state index is -0.336. The molecule has 1 aromatic heterocycles. The fourth-order valence-electron chi connectivity index (χ4n) is 1.68. The fourth-order valence-corrected chi connectivity index (χ4v) is 1.68. The summed E-state index contributed by atoms with van der Waals surface area (Å²) < 4.78 is 7.14. The van der Waals surface area contributed by atoms with Gasteiger partial charge in [0.2, 0.25) is 0 Å². The Balaban J connectivity index is 1.79. The van der Waals surface area contributed by atoms with E-state index in [-0.39, 0.29) is 5.97 Å². The Bertz CT molecular complexity index is 550. The van der Waals surface area contributed by atoms with Crippen LogP contribution in [0, 0.1) is 6.92 Å². The number of benzene rings is 1. The van der Waals surface area contributed by atoms with Crippen LogP contribution in [0.1, 0.15) is 22.3 Å². The maximum Gasteiger partial charge on any atom is 0.338 e. The van der Waals surface area contributed by atoms with E-state index >= 15 is 0 Å². The van der Waals surface area contributed by atoms with Crippen LogP contribution in [0.15, 0.2) is 36.9 Å². The number of esters is 1. The predicted octanol–water partition coefficient (Wildman–Crippen LogP) is 2.02. The quantitative estimate of drug-likeness (QED) is 0.506. The zero-order valence-electron chi connectivity index (χ0n) is 10.9. The molecule has 0 fully saturated rings. The molecule has 0 saturated carbocycles. The zero-order chi connectivity index (χ0) is 13.7. The highest BCUT2D eigenvalue weighted by molar-refractivity contribution is 5.90. The van der Waals surface area contributed by atoms with E-state index in [2.05, 4.69) is 4.98 Å². The summed E-state index contributed by atoms with van der Waals surface area (Å²) in [4.78, 5) is 15.7. The topological polar surface area (TPSA) is 70.1 Å². The standard InChI is InChI=1S/C14H17N3O2/c1-11-3-4-12(9-13(11)15)14(18)19-8-2-6-17-7-5-16-10-17/h3-5,7,9-10H,2,6,8,15H2,1H3. The average molecular weight is 259 g/mol. The van der Waals surface area contributed by atoms with Crippen LogP contribution in [-0.2, 0) is 11.3 Å². The van der Waals surface area contributed by atoms with Crippen LogP contribution in [0.25, 0.3) is 0 Å². The van der Waals surface area contributed by atoms with Gasteiger partial charge in [0.1, 0.15) is 0 Å². The van der Waals surface area contributed by atoms with Gasteiger partial charge < -0.3 is 15.0 Å². The van der Waals surface area contributed by atoms with Crippen molar-refractivity contribution in [2.45, 2.75) is 19.9 Å². The molecule has 100 valence electrons. The Morgan fingerprint density at radius 3 is 3.00 bits per heavy atom. The minimum Gasteiger partial charge on any atom is -0.462 e. The number of nitrogens with zero attached hydrogens (tertiary/aromatic N) is 2. The van der Waals surface area contributed by atoms with E-state index in [4.69, 9.17) is 10.5 Å². The number of ether oxygens (including phenoxy) is 1. The summed E-state index contributed by atoms with van der Waals surface area (Å²) in [6.45, 7) is 3.06. The molecule has 0 atom stereocenters. The molecule has 1 aromatic carbocycles. The largest absolute Gasteiger partial charge is 0.462 e. The van der Waals surface area contributed by atoms with Crippen LogP contribution in [0.4, 0.5) is 5.69 Å². The van der Waals surface area contributed by atoms with Crippen molar-refractivity contribution in [3.63, 3.8) is 0 Å². The van der Waals surface area contributed by atoms with Gasteiger partial charge in [-0.05, 0) is 31.0 Å². The summed E-state index contributed by atoms with van der Waals surface area (Å²) in [7, 11) is 0. The number of aryl methyl sites for hydroxylation is 2. The highest BCUT2D eigenvalue weighted by Gasteiger charge is 2.08. The number of nitrogens with two attached hydrogens (primary N) is 1. The van der Waals surface area contributed by atoms with E-state index in [1.54, 1.807) is 24.7 Å². The second-order valence-electron chi connectivity index (χ2n) is 4.36. The van der Waals surface area contributed by atoms with Crippen LogP contribution in [-0.4, -0.2) is 22.1 Å². The van der Waals surface area contributed by atoms with Gasteiger partial charge in [-0.15, -0.1) is 0 Å². The molecule has 0 radical (unpaired) electrons. The number of hydrogen-bond donors (Lipinski definition) is 1. The monoisotopic (exact) mass is 259 g/mol. The Hall–Kier alpha value is -2.30. The maximum atomic E-state index is 11.8. The number of carbonyl (C=O) groups excluding carboxylic acids is 1. The van der Waals surface area contributed by atoms with Crippen LogP contribution in [0.5, 0.6) is 0 Å². The molecule has 2 aromatic rings. The Kier molecular flexibility index (Phi) is 4.18. The molecular formula is C14H17N3O2. The maximum absolute atomic E-state index is 11.8. The summed E-state index contributed by atoms with van der Waals surface area (Å²) in [5, 5.41) is 0. The average Bonchev–Trinajstić information content (AvgIpc) is 2.91. The number of anilines is 1. The highest BCUT2D eigenvalue weighted by Crippen LogP contribution is 2.13. The van der Waals surface area contributed by atoms with Gasteiger partial charge in [-0.2, -0.15) is 0 Å². The first-order valence-electron chi connectivity index (χ1n) is 6.16.